The number of rotatable bonds is 7. The van der Waals surface area contributed by atoms with Gasteiger partial charge in [0.05, 0.1) is 18.8 Å². The van der Waals surface area contributed by atoms with Gasteiger partial charge in [-0.1, -0.05) is 39.3 Å². The lowest BCUT2D eigenvalue weighted by Gasteiger charge is -2.63. The van der Waals surface area contributed by atoms with Gasteiger partial charge in [-0.3, -0.25) is 4.18 Å². The van der Waals surface area contributed by atoms with Crippen LogP contribution >= 0.6 is 0 Å². The molecule has 5 rings (SSSR count). The van der Waals surface area contributed by atoms with Gasteiger partial charge in [-0.2, -0.15) is 0 Å². The van der Waals surface area contributed by atoms with Crippen molar-refractivity contribution in [2.45, 2.75) is 118 Å². The van der Waals surface area contributed by atoms with Gasteiger partial charge in [-0.25, -0.2) is 8.42 Å². The first-order valence-corrected chi connectivity index (χ1v) is 16.0. The van der Waals surface area contributed by atoms with Crippen LogP contribution in [0.3, 0.4) is 0 Å². The lowest BCUT2D eigenvalue weighted by molar-refractivity contribution is -0.170. The molecule has 0 heterocycles. The summed E-state index contributed by atoms with van der Waals surface area (Å²) in [5.41, 5.74) is 1.36. The predicted molar refractivity (Wildman–Crippen MR) is 142 cm³/mol. The zero-order valence-electron chi connectivity index (χ0n) is 23.8. The smallest absolute Gasteiger partial charge is 0.217 e. The van der Waals surface area contributed by atoms with Gasteiger partial charge in [-0.05, 0) is 123 Å². The van der Waals surface area contributed by atoms with E-state index in [1.807, 2.05) is 26.8 Å². The van der Waals surface area contributed by atoms with Crippen LogP contribution in [0, 0.1) is 50.7 Å². The predicted octanol–water partition coefficient (Wildman–Crippen LogP) is 5.60. The Balaban J connectivity index is 1.41. The summed E-state index contributed by atoms with van der Waals surface area (Å²) in [6.45, 7) is 13.4. The summed E-state index contributed by atoms with van der Waals surface area (Å²) in [5.74, 6) is 1.90. The first-order valence-electron chi connectivity index (χ1n) is 14.7. The summed E-state index contributed by atoms with van der Waals surface area (Å²) in [5, 5.41) is 21.2. The largest absolute Gasteiger partial charge is 0.726 e. The highest BCUT2D eigenvalue weighted by Gasteiger charge is 2.82. The van der Waals surface area contributed by atoms with E-state index in [2.05, 4.69) is 20.8 Å². The Morgan fingerprint density at radius 2 is 1.65 bits per heavy atom. The van der Waals surface area contributed by atoms with Gasteiger partial charge in [0.2, 0.25) is 10.4 Å². The number of aliphatic hydroxyl groups is 2. The van der Waals surface area contributed by atoms with Crippen LogP contribution in [-0.2, 0) is 14.6 Å². The van der Waals surface area contributed by atoms with Crippen LogP contribution in [0.5, 0.6) is 0 Å². The minimum absolute atomic E-state index is 0.133. The second-order valence-corrected chi connectivity index (χ2v) is 15.9. The third-order valence-electron chi connectivity index (χ3n) is 13.3. The Morgan fingerprint density at radius 3 is 2.27 bits per heavy atom. The van der Waals surface area contributed by atoms with Gasteiger partial charge in [0.15, 0.2) is 0 Å². The van der Waals surface area contributed by atoms with Crippen molar-refractivity contribution in [3.8, 4) is 0 Å². The number of aliphatic hydroxyl groups excluding tert-OH is 2. The number of hydrogen-bond donors (Lipinski definition) is 2. The zero-order valence-corrected chi connectivity index (χ0v) is 24.6. The fraction of sp³-hybridized carbons (Fsp3) is 0.933. The molecule has 0 aromatic heterocycles. The summed E-state index contributed by atoms with van der Waals surface area (Å²) in [7, 11) is -4.82. The lowest BCUT2D eigenvalue weighted by atomic mass is 9.41. The fourth-order valence-electron chi connectivity index (χ4n) is 11.6. The molecule has 0 aromatic rings. The maximum Gasteiger partial charge on any atom is 0.217 e. The van der Waals surface area contributed by atoms with Crippen molar-refractivity contribution >= 4 is 10.4 Å². The highest BCUT2D eigenvalue weighted by molar-refractivity contribution is 7.80. The van der Waals surface area contributed by atoms with Gasteiger partial charge in [0.1, 0.15) is 0 Å². The van der Waals surface area contributed by atoms with Gasteiger partial charge in [0, 0.05) is 5.41 Å². The monoisotopic (exact) mass is 537 g/mol. The number of hydrogen-bond acceptors (Lipinski definition) is 6. The molecular weight excluding hydrogens is 488 g/mol. The number of fused-ring (bicyclic) bond motifs is 2. The van der Waals surface area contributed by atoms with Crippen LogP contribution in [0.25, 0.3) is 0 Å². The molecule has 37 heavy (non-hydrogen) atoms. The molecular formula is C30H49O6S-. The summed E-state index contributed by atoms with van der Waals surface area (Å²) in [6, 6.07) is 0. The van der Waals surface area contributed by atoms with E-state index in [9.17, 15) is 23.2 Å². The quantitative estimate of drug-likeness (QED) is 0.249. The normalized spacial score (nSPS) is 50.2. The van der Waals surface area contributed by atoms with Crippen molar-refractivity contribution in [3.63, 3.8) is 0 Å². The summed E-state index contributed by atoms with van der Waals surface area (Å²) < 4.78 is 39.6. The maximum atomic E-state index is 11.5. The molecule has 6 nitrogen and oxygen atoms in total. The van der Waals surface area contributed by atoms with Gasteiger partial charge < -0.3 is 14.8 Å². The Hall–Kier alpha value is -0.470. The minimum Gasteiger partial charge on any atom is -0.726 e. The molecule has 0 amide bonds. The molecule has 0 aliphatic heterocycles. The highest BCUT2D eigenvalue weighted by Crippen LogP contribution is 2.89. The second kappa shape index (κ2) is 8.76. The second-order valence-electron chi connectivity index (χ2n) is 14.9. The van der Waals surface area contributed by atoms with Gasteiger partial charge >= 0.3 is 0 Å². The first-order chi connectivity index (χ1) is 17.1. The van der Waals surface area contributed by atoms with Crippen LogP contribution in [0.4, 0.5) is 0 Å². The van der Waals surface area contributed by atoms with E-state index in [0.29, 0.717) is 24.2 Å². The Kier molecular flexibility index (Phi) is 6.65. The summed E-state index contributed by atoms with van der Waals surface area (Å²) in [4.78, 5) is 0. The molecule has 7 heteroatoms. The molecule has 5 aliphatic rings. The van der Waals surface area contributed by atoms with Crippen molar-refractivity contribution in [1.82, 2.24) is 0 Å². The average Bonchev–Trinajstić information content (AvgIpc) is 3.36. The zero-order chi connectivity index (χ0) is 27.2. The van der Waals surface area contributed by atoms with E-state index in [0.717, 1.165) is 25.7 Å². The topological polar surface area (TPSA) is 107 Å². The van der Waals surface area contributed by atoms with Crippen LogP contribution in [0.1, 0.15) is 106 Å². The fourth-order valence-corrected chi connectivity index (χ4v) is 12.2. The Morgan fingerprint density at radius 1 is 1.00 bits per heavy atom. The van der Waals surface area contributed by atoms with Crippen LogP contribution < -0.4 is 0 Å². The molecule has 5 fully saturated rings. The van der Waals surface area contributed by atoms with E-state index in [-0.39, 0.29) is 40.3 Å². The molecule has 2 N–H and O–H groups in total. The van der Waals surface area contributed by atoms with Crippen molar-refractivity contribution in [3.05, 3.63) is 11.6 Å². The average molecular weight is 538 g/mol. The van der Waals surface area contributed by atoms with Gasteiger partial charge in [-0.15, -0.1) is 0 Å². The van der Waals surface area contributed by atoms with Gasteiger partial charge in [0.25, 0.3) is 0 Å². The molecule has 0 bridgehead atoms. The molecule has 0 saturated heterocycles. The first kappa shape index (κ1) is 28.1. The van der Waals surface area contributed by atoms with Crippen molar-refractivity contribution in [1.29, 1.82) is 0 Å². The molecule has 11 atom stereocenters. The molecule has 0 radical (unpaired) electrons. The molecule has 212 valence electrons. The Labute approximate surface area is 224 Å². The standard InChI is InChI=1S/C30H50O6S/c1-19(2)15-21(32)16-20(3)22-9-11-28(6)24-8-7-23-26(4,18-31)25(36-37(33,34)35)10-12-29(23)17-30(24,29)14-13-27(22,28)5/h15,20-25,31-32H,7-14,16-18H2,1-6H3,(H,33,34,35)/p-1/t20-,21+,22-,23+,24+,25+,26+,27-,28+,29-,30+/m1/s1. The van der Waals surface area contributed by atoms with E-state index in [4.69, 9.17) is 4.18 Å². The molecule has 2 spiro atoms. The van der Waals surface area contributed by atoms with Crippen LogP contribution in [-0.4, -0.2) is 42.0 Å². The third kappa shape index (κ3) is 3.88. The molecule has 0 aromatic carbocycles. The van der Waals surface area contributed by atoms with Crippen molar-refractivity contribution in [2.75, 3.05) is 6.61 Å². The summed E-state index contributed by atoms with van der Waals surface area (Å²) in [6.07, 6.45) is 11.2. The maximum absolute atomic E-state index is 11.5. The highest BCUT2D eigenvalue weighted by atomic mass is 32.3. The third-order valence-corrected chi connectivity index (χ3v) is 13.8. The lowest BCUT2D eigenvalue weighted by Crippen LogP contribution is -2.59. The van der Waals surface area contributed by atoms with Crippen molar-refractivity contribution in [2.24, 2.45) is 50.7 Å². The summed E-state index contributed by atoms with van der Waals surface area (Å²) >= 11 is 0. The molecule has 5 saturated carbocycles. The molecule has 0 unspecified atom stereocenters. The van der Waals surface area contributed by atoms with Crippen LogP contribution in [0.2, 0.25) is 0 Å². The van der Waals surface area contributed by atoms with E-state index < -0.39 is 21.9 Å². The SMILES string of the molecule is CC(C)=C[C@H](O)C[C@@H](C)[C@H]1CC[C@@]2(C)[C@@H]3CC[C@H]4[C@](C)(CO)[C@@H](OS(=O)(=O)[O-])CC[C@@]45C[C@@]35CC[C@]12C. The number of allylic oxidation sites excluding steroid dienone is 1. The molecule has 5 aliphatic carbocycles. The van der Waals surface area contributed by atoms with Crippen LogP contribution in [0.15, 0.2) is 11.6 Å². The van der Waals surface area contributed by atoms with E-state index in [1.165, 1.54) is 37.7 Å². The Bertz CT molecular complexity index is 1050. The van der Waals surface area contributed by atoms with E-state index in [1.54, 1.807) is 0 Å². The van der Waals surface area contributed by atoms with Crippen molar-refractivity contribution < 1.29 is 27.4 Å². The minimum atomic E-state index is -4.82. The van der Waals surface area contributed by atoms with E-state index >= 15 is 0 Å².